The summed E-state index contributed by atoms with van der Waals surface area (Å²) < 4.78 is 17.4. The molecular formula is C30H36N2O6. The highest BCUT2D eigenvalue weighted by Crippen LogP contribution is 2.43. The monoisotopic (exact) mass is 520 g/mol. The summed E-state index contributed by atoms with van der Waals surface area (Å²) in [5.74, 6) is 0.273. The van der Waals surface area contributed by atoms with Crippen LogP contribution in [-0.4, -0.2) is 73.1 Å². The van der Waals surface area contributed by atoms with E-state index in [-0.39, 0.29) is 17.4 Å². The van der Waals surface area contributed by atoms with Crippen LogP contribution in [0, 0.1) is 0 Å². The molecule has 1 fully saturated rings. The maximum atomic E-state index is 13.4. The number of hydrogen-bond acceptors (Lipinski definition) is 7. The molecule has 2 aliphatic rings. The lowest BCUT2D eigenvalue weighted by Gasteiger charge is -2.26. The fourth-order valence-electron chi connectivity index (χ4n) is 4.97. The number of carbonyl (C=O) groups excluding carboxylic acids is 2. The van der Waals surface area contributed by atoms with Crippen LogP contribution in [0.5, 0.6) is 17.2 Å². The first-order valence-electron chi connectivity index (χ1n) is 13.0. The number of ketones is 1. The van der Waals surface area contributed by atoms with Gasteiger partial charge in [-0.3, -0.25) is 9.59 Å². The minimum Gasteiger partial charge on any atom is -0.507 e. The Morgan fingerprint density at radius 1 is 1.18 bits per heavy atom. The first kappa shape index (κ1) is 27.3. The van der Waals surface area contributed by atoms with Crippen LogP contribution in [0.1, 0.15) is 43.0 Å². The normalized spacial score (nSPS) is 20.0. The Labute approximate surface area is 224 Å². The van der Waals surface area contributed by atoms with Gasteiger partial charge in [-0.2, -0.15) is 0 Å². The first-order chi connectivity index (χ1) is 18.2. The van der Waals surface area contributed by atoms with E-state index in [1.807, 2.05) is 45.0 Å². The van der Waals surface area contributed by atoms with Crippen molar-refractivity contribution in [2.45, 2.75) is 38.8 Å². The number of Topliss-reactive ketones (excluding diaryl/α,β-unsaturated/α-hetero) is 1. The Bertz CT molecular complexity index is 1250. The van der Waals surface area contributed by atoms with Gasteiger partial charge in [-0.15, -0.1) is 0 Å². The average molecular weight is 521 g/mol. The molecule has 2 heterocycles. The van der Waals surface area contributed by atoms with Crippen molar-refractivity contribution >= 4 is 17.4 Å². The summed E-state index contributed by atoms with van der Waals surface area (Å²) in [4.78, 5) is 30.3. The summed E-state index contributed by atoms with van der Waals surface area (Å²) in [6, 6.07) is 9.94. The van der Waals surface area contributed by atoms with E-state index in [1.165, 1.54) is 0 Å². The summed E-state index contributed by atoms with van der Waals surface area (Å²) in [6.45, 7) is 9.37. The Hall–Kier alpha value is -3.78. The second-order valence-electron chi connectivity index (χ2n) is 9.84. The molecule has 38 heavy (non-hydrogen) atoms. The summed E-state index contributed by atoms with van der Waals surface area (Å²) in [6.07, 6.45) is 3.07. The van der Waals surface area contributed by atoms with E-state index in [4.69, 9.17) is 14.2 Å². The van der Waals surface area contributed by atoms with Gasteiger partial charge in [0.25, 0.3) is 11.7 Å². The van der Waals surface area contributed by atoms with Crippen LogP contribution in [0.15, 0.2) is 54.6 Å². The molecule has 1 N–H and O–H groups in total. The molecule has 4 rings (SSSR count). The number of hydrogen-bond donors (Lipinski definition) is 1. The molecule has 202 valence electrons. The van der Waals surface area contributed by atoms with Gasteiger partial charge in [0.05, 0.1) is 18.2 Å². The van der Waals surface area contributed by atoms with Gasteiger partial charge in [-0.1, -0.05) is 18.7 Å². The number of carbonyl (C=O) groups is 2. The lowest BCUT2D eigenvalue weighted by Crippen LogP contribution is -2.32. The summed E-state index contributed by atoms with van der Waals surface area (Å²) >= 11 is 0. The molecule has 2 aromatic rings. The highest BCUT2D eigenvalue weighted by atomic mass is 16.5. The predicted molar refractivity (Wildman–Crippen MR) is 146 cm³/mol. The van der Waals surface area contributed by atoms with Crippen LogP contribution in [0.25, 0.3) is 5.76 Å². The number of fused-ring (bicyclic) bond motifs is 1. The Morgan fingerprint density at radius 2 is 1.97 bits per heavy atom. The SMILES string of the molecule is C=CCOc1ccc([C@@H]2C(=C(O)c3ccc4c(c3)C[C@H](C)O4)C(=O)C(=O)N2CCCN(C)C)cc1OCC. The topological polar surface area (TPSA) is 88.5 Å². The third kappa shape index (κ3) is 5.55. The van der Waals surface area contributed by atoms with Crippen molar-refractivity contribution in [3.05, 3.63) is 71.3 Å². The minimum atomic E-state index is -0.770. The standard InChI is InChI=1S/C30H36N2O6/c1-6-15-37-24-12-9-20(18-25(24)36-7-2)27-26(29(34)30(35)32(27)14-8-13-31(4)5)28(33)21-10-11-23-22(17-21)16-19(3)38-23/h6,9-12,17-19,27,33H,1,7-8,13-16H2,2-5H3/t19-,27+/m0/s1. The molecule has 0 aliphatic carbocycles. The number of amides is 1. The van der Waals surface area contributed by atoms with Gasteiger partial charge in [0.1, 0.15) is 24.2 Å². The van der Waals surface area contributed by atoms with Crippen molar-refractivity contribution < 1.29 is 28.9 Å². The molecule has 1 amide bonds. The largest absolute Gasteiger partial charge is 0.507 e. The summed E-state index contributed by atoms with van der Waals surface area (Å²) in [7, 11) is 3.92. The van der Waals surface area contributed by atoms with E-state index in [2.05, 4.69) is 6.58 Å². The van der Waals surface area contributed by atoms with Crippen LogP contribution in [0.4, 0.5) is 0 Å². The van der Waals surface area contributed by atoms with Gasteiger partial charge in [0.2, 0.25) is 0 Å². The lowest BCUT2D eigenvalue weighted by molar-refractivity contribution is -0.139. The molecule has 2 atom stereocenters. The number of benzene rings is 2. The fourth-order valence-corrected chi connectivity index (χ4v) is 4.97. The van der Waals surface area contributed by atoms with Crippen LogP contribution in [0.3, 0.4) is 0 Å². The van der Waals surface area contributed by atoms with Crippen molar-refractivity contribution in [1.82, 2.24) is 9.80 Å². The highest BCUT2D eigenvalue weighted by molar-refractivity contribution is 6.46. The zero-order valence-corrected chi connectivity index (χ0v) is 22.5. The third-order valence-electron chi connectivity index (χ3n) is 6.65. The Kier molecular flexibility index (Phi) is 8.42. The molecule has 8 heteroatoms. The van der Waals surface area contributed by atoms with Crippen molar-refractivity contribution in [3.8, 4) is 17.2 Å². The van der Waals surface area contributed by atoms with Gasteiger partial charge >= 0.3 is 0 Å². The average Bonchev–Trinajstić information content (AvgIpc) is 3.38. The number of likely N-dealkylation sites (tertiary alicyclic amines) is 1. The van der Waals surface area contributed by atoms with E-state index < -0.39 is 17.7 Å². The molecule has 1 saturated heterocycles. The zero-order chi connectivity index (χ0) is 27.4. The van der Waals surface area contributed by atoms with E-state index in [0.29, 0.717) is 55.2 Å². The molecule has 0 aromatic heterocycles. The molecule has 0 spiro atoms. The fraction of sp³-hybridized carbons (Fsp3) is 0.400. The minimum absolute atomic E-state index is 0.0449. The quantitative estimate of drug-likeness (QED) is 0.204. The smallest absolute Gasteiger partial charge is 0.295 e. The molecule has 2 aromatic carbocycles. The van der Waals surface area contributed by atoms with E-state index in [9.17, 15) is 14.7 Å². The Morgan fingerprint density at radius 3 is 2.68 bits per heavy atom. The second kappa shape index (κ2) is 11.7. The number of nitrogens with zero attached hydrogens (tertiary/aromatic N) is 2. The van der Waals surface area contributed by atoms with Gasteiger partial charge in [0, 0.05) is 18.5 Å². The lowest BCUT2D eigenvalue weighted by atomic mass is 9.94. The van der Waals surface area contributed by atoms with Crippen molar-refractivity contribution in [3.63, 3.8) is 0 Å². The van der Waals surface area contributed by atoms with E-state index in [0.717, 1.165) is 17.9 Å². The van der Waals surface area contributed by atoms with Crippen molar-refractivity contribution in [1.29, 1.82) is 0 Å². The third-order valence-corrected chi connectivity index (χ3v) is 6.65. The van der Waals surface area contributed by atoms with Crippen LogP contribution < -0.4 is 14.2 Å². The van der Waals surface area contributed by atoms with Gasteiger partial charge in [-0.05, 0) is 82.4 Å². The van der Waals surface area contributed by atoms with Gasteiger partial charge in [0.15, 0.2) is 11.5 Å². The van der Waals surface area contributed by atoms with Gasteiger partial charge < -0.3 is 29.1 Å². The molecule has 0 unspecified atom stereocenters. The van der Waals surface area contributed by atoms with E-state index in [1.54, 1.807) is 35.2 Å². The van der Waals surface area contributed by atoms with Crippen molar-refractivity contribution in [2.75, 3.05) is 40.4 Å². The predicted octanol–water partition coefficient (Wildman–Crippen LogP) is 4.35. The molecule has 2 aliphatic heterocycles. The molecular weight excluding hydrogens is 484 g/mol. The molecule has 8 nitrogen and oxygen atoms in total. The molecule has 0 bridgehead atoms. The van der Waals surface area contributed by atoms with Crippen LogP contribution >= 0.6 is 0 Å². The first-order valence-corrected chi connectivity index (χ1v) is 13.0. The summed E-state index contributed by atoms with van der Waals surface area (Å²) in [5, 5.41) is 11.5. The number of aliphatic hydroxyl groups is 1. The number of rotatable bonds is 11. The number of ether oxygens (including phenoxy) is 3. The number of aliphatic hydroxyl groups excluding tert-OH is 1. The van der Waals surface area contributed by atoms with E-state index >= 15 is 0 Å². The second-order valence-corrected chi connectivity index (χ2v) is 9.84. The van der Waals surface area contributed by atoms with Crippen molar-refractivity contribution in [2.24, 2.45) is 0 Å². The Balaban J connectivity index is 1.81. The summed E-state index contributed by atoms with van der Waals surface area (Å²) in [5.41, 5.74) is 2.16. The molecule has 0 radical (unpaired) electrons. The highest BCUT2D eigenvalue weighted by Gasteiger charge is 2.46. The van der Waals surface area contributed by atoms with Crippen LogP contribution in [0.2, 0.25) is 0 Å². The maximum absolute atomic E-state index is 13.4. The van der Waals surface area contributed by atoms with Crippen LogP contribution in [-0.2, 0) is 16.0 Å². The zero-order valence-electron chi connectivity index (χ0n) is 22.5. The van der Waals surface area contributed by atoms with Gasteiger partial charge in [-0.25, -0.2) is 0 Å². The molecule has 0 saturated carbocycles. The maximum Gasteiger partial charge on any atom is 0.295 e.